The van der Waals surface area contributed by atoms with Crippen LogP contribution in [-0.4, -0.2) is 42.1 Å². The van der Waals surface area contributed by atoms with E-state index in [1.165, 1.54) is 5.56 Å². The molecule has 1 N–H and O–H groups in total. The van der Waals surface area contributed by atoms with E-state index in [2.05, 4.69) is 17.0 Å². The molecule has 2 aromatic carbocycles. The summed E-state index contributed by atoms with van der Waals surface area (Å²) in [5, 5.41) is 10.2. The first-order valence-corrected chi connectivity index (χ1v) is 8.81. The second kappa shape index (κ2) is 8.28. The predicted molar refractivity (Wildman–Crippen MR) is 98.0 cm³/mol. The van der Waals surface area contributed by atoms with Crippen LogP contribution < -0.4 is 4.74 Å². The van der Waals surface area contributed by atoms with Crippen LogP contribution in [0.5, 0.6) is 5.75 Å². The van der Waals surface area contributed by atoms with Crippen molar-refractivity contribution in [3.05, 3.63) is 65.2 Å². The lowest BCUT2D eigenvalue weighted by Gasteiger charge is -2.21. The van der Waals surface area contributed by atoms with Gasteiger partial charge in [-0.25, -0.2) is 0 Å². The smallest absolute Gasteiger partial charge is 0.163 e. The Morgan fingerprint density at radius 3 is 2.76 bits per heavy atom. The number of benzene rings is 2. The summed E-state index contributed by atoms with van der Waals surface area (Å²) < 4.78 is 5.70. The van der Waals surface area contributed by atoms with E-state index in [-0.39, 0.29) is 12.4 Å². The summed E-state index contributed by atoms with van der Waals surface area (Å²) in [5.41, 5.74) is 3.09. The summed E-state index contributed by atoms with van der Waals surface area (Å²) in [6.07, 6.45) is 1.91. The fourth-order valence-corrected chi connectivity index (χ4v) is 3.26. The quantitative estimate of drug-likeness (QED) is 0.842. The lowest BCUT2D eigenvalue weighted by Crippen LogP contribution is -2.32. The molecule has 0 saturated carbocycles. The molecular weight excluding hydrogens is 314 g/mol. The molecule has 1 aliphatic rings. The minimum Gasteiger partial charge on any atom is -0.491 e. The molecule has 25 heavy (non-hydrogen) atoms. The van der Waals surface area contributed by atoms with Crippen LogP contribution in [0, 0.1) is 0 Å². The number of nitrogens with zero attached hydrogens (tertiary/aromatic N) is 1. The van der Waals surface area contributed by atoms with Crippen molar-refractivity contribution in [1.29, 1.82) is 0 Å². The van der Waals surface area contributed by atoms with Gasteiger partial charge in [-0.3, -0.25) is 9.69 Å². The van der Waals surface area contributed by atoms with Crippen molar-refractivity contribution < 1.29 is 14.6 Å². The number of rotatable bonds is 7. The molecule has 3 rings (SSSR count). The van der Waals surface area contributed by atoms with Crippen molar-refractivity contribution in [1.82, 2.24) is 4.90 Å². The maximum Gasteiger partial charge on any atom is 0.163 e. The first-order chi connectivity index (χ1) is 12.1. The van der Waals surface area contributed by atoms with Crippen molar-refractivity contribution in [3.63, 3.8) is 0 Å². The molecule has 0 bridgehead atoms. The molecule has 0 aliphatic heterocycles. The third-order valence-corrected chi connectivity index (χ3v) is 4.49. The Morgan fingerprint density at radius 1 is 1.16 bits per heavy atom. The van der Waals surface area contributed by atoms with E-state index >= 15 is 0 Å². The van der Waals surface area contributed by atoms with E-state index in [9.17, 15) is 9.90 Å². The average Bonchev–Trinajstić information content (AvgIpc) is 2.61. The van der Waals surface area contributed by atoms with Crippen molar-refractivity contribution in [2.75, 3.05) is 20.2 Å². The minimum atomic E-state index is -0.583. The molecule has 0 radical (unpaired) electrons. The number of ketones is 1. The van der Waals surface area contributed by atoms with Crippen LogP contribution in [-0.2, 0) is 13.0 Å². The Morgan fingerprint density at radius 2 is 1.96 bits per heavy atom. The van der Waals surface area contributed by atoms with E-state index in [4.69, 9.17) is 4.74 Å². The number of ether oxygens (including phenoxy) is 1. The molecule has 1 aliphatic carbocycles. The third kappa shape index (κ3) is 4.91. The van der Waals surface area contributed by atoms with Gasteiger partial charge in [-0.2, -0.15) is 0 Å². The Bertz CT molecular complexity index is 714. The maximum atomic E-state index is 12.0. The van der Waals surface area contributed by atoms with E-state index in [0.29, 0.717) is 18.7 Å². The van der Waals surface area contributed by atoms with Crippen LogP contribution in [0.1, 0.15) is 34.3 Å². The van der Waals surface area contributed by atoms with Gasteiger partial charge in [-0.05, 0) is 43.1 Å². The van der Waals surface area contributed by atoms with Crippen LogP contribution in [0.3, 0.4) is 0 Å². The van der Waals surface area contributed by atoms with Crippen LogP contribution in [0.15, 0.2) is 48.5 Å². The summed E-state index contributed by atoms with van der Waals surface area (Å²) in [6.45, 7) is 1.52. The Kier molecular flexibility index (Phi) is 5.84. The normalized spacial score (nSPS) is 15.1. The van der Waals surface area contributed by atoms with Gasteiger partial charge in [0.05, 0.1) is 0 Å². The SMILES string of the molecule is CN(Cc1ccccc1)CC(O)COc1ccc2c(c1)C(=O)CCC2. The van der Waals surface area contributed by atoms with Crippen molar-refractivity contribution in [2.45, 2.75) is 31.9 Å². The van der Waals surface area contributed by atoms with Crippen LogP contribution >= 0.6 is 0 Å². The number of aliphatic hydroxyl groups excluding tert-OH is 1. The Labute approximate surface area is 149 Å². The van der Waals surface area contributed by atoms with Crippen molar-refractivity contribution in [3.8, 4) is 5.75 Å². The number of hydrogen-bond acceptors (Lipinski definition) is 4. The van der Waals surface area contributed by atoms with Gasteiger partial charge in [-0.15, -0.1) is 0 Å². The molecule has 2 aromatic rings. The summed E-state index contributed by atoms with van der Waals surface area (Å²) in [7, 11) is 1.98. The summed E-state index contributed by atoms with van der Waals surface area (Å²) in [4.78, 5) is 14.1. The Balaban J connectivity index is 1.49. The molecule has 4 nitrogen and oxygen atoms in total. The van der Waals surface area contributed by atoms with E-state index in [1.54, 1.807) is 0 Å². The van der Waals surface area contributed by atoms with Gasteiger partial charge in [-0.1, -0.05) is 36.4 Å². The number of aliphatic hydroxyl groups is 1. The first-order valence-electron chi connectivity index (χ1n) is 8.81. The standard InChI is InChI=1S/C21H25NO3/c1-22(13-16-6-3-2-4-7-16)14-18(23)15-25-19-11-10-17-8-5-9-21(24)20(17)12-19/h2-4,6-7,10-12,18,23H,5,8-9,13-15H2,1H3. The zero-order valence-corrected chi connectivity index (χ0v) is 14.6. The monoisotopic (exact) mass is 339 g/mol. The van der Waals surface area contributed by atoms with Gasteiger partial charge < -0.3 is 9.84 Å². The van der Waals surface area contributed by atoms with Crippen LogP contribution in [0.2, 0.25) is 0 Å². The fourth-order valence-electron chi connectivity index (χ4n) is 3.26. The lowest BCUT2D eigenvalue weighted by molar-refractivity contribution is 0.0743. The highest BCUT2D eigenvalue weighted by Gasteiger charge is 2.18. The zero-order valence-electron chi connectivity index (χ0n) is 14.6. The highest BCUT2D eigenvalue weighted by atomic mass is 16.5. The number of carbonyl (C=O) groups is 1. The zero-order chi connectivity index (χ0) is 17.6. The highest BCUT2D eigenvalue weighted by Crippen LogP contribution is 2.25. The molecule has 1 atom stereocenters. The van der Waals surface area contributed by atoms with Crippen molar-refractivity contribution in [2.24, 2.45) is 0 Å². The molecule has 0 spiro atoms. The number of aryl methyl sites for hydroxylation is 1. The lowest BCUT2D eigenvalue weighted by atomic mass is 9.90. The topological polar surface area (TPSA) is 49.8 Å². The largest absolute Gasteiger partial charge is 0.491 e. The second-order valence-electron chi connectivity index (χ2n) is 6.74. The number of Topliss-reactive ketones (excluding diaryl/α,β-unsaturated/α-hetero) is 1. The molecule has 0 aromatic heterocycles. The van der Waals surface area contributed by atoms with E-state index in [1.807, 2.05) is 43.4 Å². The maximum absolute atomic E-state index is 12.0. The van der Waals surface area contributed by atoms with E-state index < -0.39 is 6.10 Å². The Hall–Kier alpha value is -2.17. The second-order valence-corrected chi connectivity index (χ2v) is 6.74. The molecule has 0 amide bonds. The summed E-state index contributed by atoms with van der Waals surface area (Å²) in [6, 6.07) is 15.8. The van der Waals surface area contributed by atoms with Gasteiger partial charge in [0.1, 0.15) is 18.5 Å². The molecule has 132 valence electrons. The molecular formula is C21H25NO3. The van der Waals surface area contributed by atoms with Crippen LogP contribution in [0.4, 0.5) is 0 Å². The van der Waals surface area contributed by atoms with Gasteiger partial charge in [0.25, 0.3) is 0 Å². The molecule has 4 heteroatoms. The number of carbonyl (C=O) groups excluding carboxylic acids is 1. The number of fused-ring (bicyclic) bond motifs is 1. The van der Waals surface area contributed by atoms with Crippen LogP contribution in [0.25, 0.3) is 0 Å². The minimum absolute atomic E-state index is 0.190. The van der Waals surface area contributed by atoms with Gasteiger partial charge >= 0.3 is 0 Å². The first kappa shape index (κ1) is 17.6. The van der Waals surface area contributed by atoms with Gasteiger partial charge in [0.2, 0.25) is 0 Å². The molecule has 0 saturated heterocycles. The average molecular weight is 339 g/mol. The predicted octanol–water partition coefficient (Wildman–Crippen LogP) is 3.08. The molecule has 0 fully saturated rings. The fraction of sp³-hybridized carbons (Fsp3) is 0.381. The van der Waals surface area contributed by atoms with Gasteiger partial charge in [0.15, 0.2) is 5.78 Å². The van der Waals surface area contributed by atoms with E-state index in [0.717, 1.165) is 30.5 Å². The number of likely N-dealkylation sites (N-methyl/N-ethyl adjacent to an activating group) is 1. The summed E-state index contributed by atoms with van der Waals surface area (Å²) >= 11 is 0. The summed E-state index contributed by atoms with van der Waals surface area (Å²) in [5.74, 6) is 0.841. The third-order valence-electron chi connectivity index (χ3n) is 4.49. The highest BCUT2D eigenvalue weighted by molar-refractivity contribution is 5.98. The molecule has 0 heterocycles. The number of hydrogen-bond donors (Lipinski definition) is 1. The molecule has 1 unspecified atom stereocenters. The van der Waals surface area contributed by atoms with Crippen molar-refractivity contribution >= 4 is 5.78 Å². The van der Waals surface area contributed by atoms with Gasteiger partial charge in [0, 0.05) is 25.1 Å².